The fourth-order valence-electron chi connectivity index (χ4n) is 3.67. The molecule has 1 saturated heterocycles. The van der Waals surface area contributed by atoms with Gasteiger partial charge in [-0.3, -0.25) is 19.7 Å². The lowest BCUT2D eigenvalue weighted by molar-refractivity contribution is -0.131. The van der Waals surface area contributed by atoms with Crippen molar-refractivity contribution in [2.24, 2.45) is 5.73 Å². The SMILES string of the molecule is CC(N)C(NC(=O)c1ccc(CCc2ccc(CN3CCOCC3)cc2)cc1)C(=O)NO. The number of benzene rings is 2. The van der Waals surface area contributed by atoms with E-state index >= 15 is 0 Å². The van der Waals surface area contributed by atoms with E-state index in [0.717, 1.165) is 51.3 Å². The maximum absolute atomic E-state index is 12.4. The Morgan fingerprint density at radius 2 is 1.53 bits per heavy atom. The number of ether oxygens (including phenoxy) is 1. The minimum absolute atomic E-state index is 0.418. The van der Waals surface area contributed by atoms with Crippen molar-refractivity contribution < 1.29 is 19.5 Å². The number of aryl methyl sites for hydroxylation is 2. The zero-order valence-corrected chi connectivity index (χ0v) is 18.4. The lowest BCUT2D eigenvalue weighted by atomic mass is 10.0. The minimum Gasteiger partial charge on any atom is -0.379 e. The van der Waals surface area contributed by atoms with Gasteiger partial charge in [0.15, 0.2) is 0 Å². The third-order valence-corrected chi connectivity index (χ3v) is 5.66. The zero-order chi connectivity index (χ0) is 22.9. The summed E-state index contributed by atoms with van der Waals surface area (Å²) in [5, 5.41) is 11.4. The van der Waals surface area contributed by atoms with Gasteiger partial charge < -0.3 is 15.8 Å². The van der Waals surface area contributed by atoms with E-state index in [1.54, 1.807) is 19.1 Å². The summed E-state index contributed by atoms with van der Waals surface area (Å²) >= 11 is 0. The molecule has 32 heavy (non-hydrogen) atoms. The fraction of sp³-hybridized carbons (Fsp3) is 0.417. The standard InChI is InChI=1S/C24H32N4O4/c1-17(25)22(24(30)27-31)26-23(29)21-10-8-19(9-11-21)3-2-18-4-6-20(7-5-18)16-28-12-14-32-15-13-28/h4-11,17,22,31H,2-3,12-16,25H2,1H3,(H,26,29)(H,27,30). The Morgan fingerprint density at radius 3 is 2.06 bits per heavy atom. The molecule has 5 N–H and O–H groups in total. The van der Waals surface area contributed by atoms with Crippen LogP contribution in [-0.2, 0) is 28.9 Å². The molecule has 8 nitrogen and oxygen atoms in total. The molecule has 0 spiro atoms. The number of hydroxylamine groups is 1. The molecule has 1 fully saturated rings. The third kappa shape index (κ3) is 6.86. The molecule has 0 aromatic heterocycles. The van der Waals surface area contributed by atoms with Crippen LogP contribution in [0.4, 0.5) is 0 Å². The molecule has 3 rings (SSSR count). The van der Waals surface area contributed by atoms with Crippen LogP contribution in [-0.4, -0.2) is 60.3 Å². The van der Waals surface area contributed by atoms with Crippen molar-refractivity contribution in [3.8, 4) is 0 Å². The average molecular weight is 441 g/mol. The monoisotopic (exact) mass is 440 g/mol. The first-order valence-corrected chi connectivity index (χ1v) is 10.9. The number of carbonyl (C=O) groups is 2. The van der Waals surface area contributed by atoms with Gasteiger partial charge in [-0.15, -0.1) is 0 Å². The number of nitrogens with one attached hydrogen (secondary N) is 2. The highest BCUT2D eigenvalue weighted by atomic mass is 16.5. The number of carbonyl (C=O) groups excluding carboxylic acids is 2. The van der Waals surface area contributed by atoms with Crippen LogP contribution in [0, 0.1) is 0 Å². The summed E-state index contributed by atoms with van der Waals surface area (Å²) in [7, 11) is 0. The molecule has 0 saturated carbocycles. The van der Waals surface area contributed by atoms with Gasteiger partial charge in [-0.1, -0.05) is 36.4 Å². The number of rotatable bonds is 9. The Kier molecular flexibility index (Phi) is 8.75. The summed E-state index contributed by atoms with van der Waals surface area (Å²) in [5.41, 5.74) is 11.4. The number of hydrogen-bond acceptors (Lipinski definition) is 6. The number of nitrogens with two attached hydrogens (primary N) is 1. The number of amides is 2. The van der Waals surface area contributed by atoms with Crippen LogP contribution >= 0.6 is 0 Å². The summed E-state index contributed by atoms with van der Waals surface area (Å²) in [5.74, 6) is -1.17. The van der Waals surface area contributed by atoms with Gasteiger partial charge in [0, 0.05) is 31.2 Å². The zero-order valence-electron chi connectivity index (χ0n) is 18.4. The summed E-state index contributed by atoms with van der Waals surface area (Å²) in [6.45, 7) is 6.12. The lowest BCUT2D eigenvalue weighted by Gasteiger charge is -2.26. The number of morpholine rings is 1. The van der Waals surface area contributed by atoms with Crippen LogP contribution in [0.1, 0.15) is 34.0 Å². The first-order chi connectivity index (χ1) is 15.5. The Morgan fingerprint density at radius 1 is 1.00 bits per heavy atom. The van der Waals surface area contributed by atoms with E-state index in [0.29, 0.717) is 5.56 Å². The number of hydrogen-bond donors (Lipinski definition) is 4. The van der Waals surface area contributed by atoms with Crippen LogP contribution in [0.5, 0.6) is 0 Å². The molecule has 2 atom stereocenters. The van der Waals surface area contributed by atoms with Crippen molar-refractivity contribution in [2.45, 2.75) is 38.4 Å². The van der Waals surface area contributed by atoms with Crippen LogP contribution in [0.3, 0.4) is 0 Å². The van der Waals surface area contributed by atoms with E-state index in [9.17, 15) is 9.59 Å². The van der Waals surface area contributed by atoms with E-state index in [2.05, 4.69) is 34.5 Å². The van der Waals surface area contributed by atoms with Crippen molar-refractivity contribution in [2.75, 3.05) is 26.3 Å². The van der Waals surface area contributed by atoms with Gasteiger partial charge >= 0.3 is 0 Å². The predicted octanol–water partition coefficient (Wildman–Crippen LogP) is 1.26. The molecule has 0 bridgehead atoms. The van der Waals surface area contributed by atoms with Gasteiger partial charge in [-0.2, -0.15) is 0 Å². The third-order valence-electron chi connectivity index (χ3n) is 5.66. The van der Waals surface area contributed by atoms with Gasteiger partial charge in [0.25, 0.3) is 11.8 Å². The van der Waals surface area contributed by atoms with Gasteiger partial charge in [0.05, 0.1) is 13.2 Å². The van der Waals surface area contributed by atoms with Crippen molar-refractivity contribution in [1.29, 1.82) is 0 Å². The maximum Gasteiger partial charge on any atom is 0.267 e. The second-order valence-corrected chi connectivity index (χ2v) is 8.19. The predicted molar refractivity (Wildman–Crippen MR) is 121 cm³/mol. The normalized spacial score (nSPS) is 16.2. The van der Waals surface area contributed by atoms with Crippen molar-refractivity contribution in [1.82, 2.24) is 15.7 Å². The van der Waals surface area contributed by atoms with Crippen molar-refractivity contribution >= 4 is 11.8 Å². The van der Waals surface area contributed by atoms with Crippen LogP contribution < -0.4 is 16.5 Å². The van der Waals surface area contributed by atoms with Gasteiger partial charge in [-0.05, 0) is 48.6 Å². The van der Waals surface area contributed by atoms with E-state index in [1.165, 1.54) is 16.6 Å². The highest BCUT2D eigenvalue weighted by Gasteiger charge is 2.24. The van der Waals surface area contributed by atoms with Crippen molar-refractivity contribution in [3.05, 3.63) is 70.8 Å². The fourth-order valence-corrected chi connectivity index (χ4v) is 3.67. The quantitative estimate of drug-likeness (QED) is 0.345. The van der Waals surface area contributed by atoms with E-state index in [4.69, 9.17) is 15.7 Å². The van der Waals surface area contributed by atoms with Gasteiger partial charge in [-0.25, -0.2) is 5.48 Å². The molecule has 0 aliphatic carbocycles. The molecule has 172 valence electrons. The topological polar surface area (TPSA) is 117 Å². The highest BCUT2D eigenvalue weighted by Crippen LogP contribution is 2.13. The maximum atomic E-state index is 12.4. The smallest absolute Gasteiger partial charge is 0.267 e. The second kappa shape index (κ2) is 11.7. The Bertz CT molecular complexity index is 878. The molecule has 2 aromatic carbocycles. The van der Waals surface area contributed by atoms with Crippen LogP contribution in [0.2, 0.25) is 0 Å². The summed E-state index contributed by atoms with van der Waals surface area (Å²) in [6, 6.07) is 14.4. The second-order valence-electron chi connectivity index (χ2n) is 8.19. The van der Waals surface area contributed by atoms with E-state index < -0.39 is 23.9 Å². The molecule has 2 aromatic rings. The highest BCUT2D eigenvalue weighted by molar-refractivity contribution is 5.97. The molecule has 1 heterocycles. The lowest BCUT2D eigenvalue weighted by Crippen LogP contribution is -2.54. The molecule has 2 unspecified atom stereocenters. The van der Waals surface area contributed by atoms with Gasteiger partial charge in [0.1, 0.15) is 6.04 Å². The largest absolute Gasteiger partial charge is 0.379 e. The molecule has 8 heteroatoms. The summed E-state index contributed by atoms with van der Waals surface area (Å²) in [4.78, 5) is 26.5. The summed E-state index contributed by atoms with van der Waals surface area (Å²) in [6.07, 6.45) is 1.77. The molecule has 2 amide bonds. The Hall–Kier alpha value is -2.78. The average Bonchev–Trinajstić information content (AvgIpc) is 2.82. The van der Waals surface area contributed by atoms with E-state index in [-0.39, 0.29) is 0 Å². The Labute approximate surface area is 188 Å². The summed E-state index contributed by atoms with van der Waals surface area (Å²) < 4.78 is 5.40. The minimum atomic E-state index is -1.02. The first kappa shape index (κ1) is 23.9. The van der Waals surface area contributed by atoms with Gasteiger partial charge in [0.2, 0.25) is 0 Å². The molecule has 0 radical (unpaired) electrons. The van der Waals surface area contributed by atoms with E-state index in [1.807, 2.05) is 12.1 Å². The Balaban J connectivity index is 1.50. The van der Waals surface area contributed by atoms with Crippen molar-refractivity contribution in [3.63, 3.8) is 0 Å². The molecule has 1 aliphatic heterocycles. The van der Waals surface area contributed by atoms with Crippen LogP contribution in [0.15, 0.2) is 48.5 Å². The molecule has 1 aliphatic rings. The van der Waals surface area contributed by atoms with Crippen LogP contribution in [0.25, 0.3) is 0 Å². The first-order valence-electron chi connectivity index (χ1n) is 10.9. The molecular weight excluding hydrogens is 408 g/mol. The molecular formula is C24H32N4O4. The number of nitrogens with zero attached hydrogens (tertiary/aromatic N) is 1.